The van der Waals surface area contributed by atoms with Crippen LogP contribution in [0.25, 0.3) is 0 Å². The Bertz CT molecular complexity index is 913. The number of sulfonamides is 1. The molecule has 1 unspecified atom stereocenters. The van der Waals surface area contributed by atoms with Crippen LogP contribution in [0.5, 0.6) is 0 Å². The van der Waals surface area contributed by atoms with Gasteiger partial charge in [0, 0.05) is 24.7 Å². The minimum atomic E-state index is -3.56. The Morgan fingerprint density at radius 3 is 2.76 bits per heavy atom. The molecule has 0 bridgehead atoms. The molecule has 25 heavy (non-hydrogen) atoms. The molecule has 1 aliphatic heterocycles. The van der Waals surface area contributed by atoms with Crippen LogP contribution in [0.2, 0.25) is 0 Å². The van der Waals surface area contributed by atoms with E-state index in [0.717, 1.165) is 37.2 Å². The highest BCUT2D eigenvalue weighted by molar-refractivity contribution is 7.89. The zero-order chi connectivity index (χ0) is 17.8. The van der Waals surface area contributed by atoms with Crippen LogP contribution < -0.4 is 0 Å². The van der Waals surface area contributed by atoms with Gasteiger partial charge >= 0.3 is 0 Å². The lowest BCUT2D eigenvalue weighted by Crippen LogP contribution is -2.48. The Labute approximate surface area is 147 Å². The molecule has 1 atom stereocenters. The molecule has 0 amide bonds. The molecule has 2 aliphatic rings. The van der Waals surface area contributed by atoms with Crippen LogP contribution in [-0.2, 0) is 21.9 Å². The fraction of sp³-hybridized carbons (Fsp3) is 0.588. The highest BCUT2D eigenvalue weighted by Gasteiger charge is 2.46. The fourth-order valence-electron chi connectivity index (χ4n) is 4.37. The number of piperidine rings is 1. The molecule has 7 nitrogen and oxygen atoms in total. The predicted molar refractivity (Wildman–Crippen MR) is 92.8 cm³/mol. The molecule has 3 heterocycles. The van der Waals surface area contributed by atoms with Crippen molar-refractivity contribution >= 4 is 10.0 Å². The first-order chi connectivity index (χ1) is 11.8. The van der Waals surface area contributed by atoms with Crippen molar-refractivity contribution in [3.05, 3.63) is 34.7 Å². The maximum atomic E-state index is 13.2. The first-order valence-electron chi connectivity index (χ1n) is 8.68. The van der Waals surface area contributed by atoms with E-state index < -0.39 is 10.0 Å². The summed E-state index contributed by atoms with van der Waals surface area (Å²) in [5.41, 5.74) is 3.17. The van der Waals surface area contributed by atoms with Crippen molar-refractivity contribution in [1.29, 1.82) is 0 Å². The molecule has 1 N–H and O–H groups in total. The monoisotopic (exact) mass is 361 g/mol. The van der Waals surface area contributed by atoms with E-state index in [-0.39, 0.29) is 5.41 Å². The van der Waals surface area contributed by atoms with Crippen LogP contribution in [-0.4, -0.2) is 46.0 Å². The Balaban J connectivity index is 1.73. The third-order valence-electron chi connectivity index (χ3n) is 5.56. The van der Waals surface area contributed by atoms with Crippen LogP contribution in [0, 0.1) is 20.8 Å². The second kappa shape index (κ2) is 5.60. The first kappa shape index (κ1) is 16.7. The van der Waals surface area contributed by atoms with Gasteiger partial charge in [-0.05, 0) is 52.0 Å². The number of nitrogens with one attached hydrogen (secondary N) is 1. The van der Waals surface area contributed by atoms with Gasteiger partial charge in [-0.1, -0.05) is 0 Å². The SMILES string of the molecule is Cc1ncc2c(n1)C1(CCCN(S(=O)(=O)c3c(C)n[nH]c3C)C1)CC2. The molecule has 8 heteroatoms. The van der Waals surface area contributed by atoms with Crippen molar-refractivity contribution in [2.45, 2.75) is 56.8 Å². The molecular formula is C17H23N5O2S. The summed E-state index contributed by atoms with van der Waals surface area (Å²) in [7, 11) is -3.56. The minimum Gasteiger partial charge on any atom is -0.281 e. The number of nitrogens with zero attached hydrogens (tertiary/aromatic N) is 4. The first-order valence-corrected chi connectivity index (χ1v) is 10.1. The van der Waals surface area contributed by atoms with Gasteiger partial charge in [0.1, 0.15) is 10.7 Å². The lowest BCUT2D eigenvalue weighted by atomic mass is 9.78. The summed E-state index contributed by atoms with van der Waals surface area (Å²) in [6, 6.07) is 0. The standard InChI is InChI=1S/C17H23N5O2S/c1-11-15(12(2)21-20-11)25(23,24)22-8-4-6-17(10-22)7-5-14-9-18-13(3)19-16(14)17/h9H,4-8,10H2,1-3H3,(H,20,21). The average molecular weight is 361 g/mol. The average Bonchev–Trinajstić information content (AvgIpc) is 3.09. The van der Waals surface area contributed by atoms with Gasteiger partial charge in [0.15, 0.2) is 0 Å². The van der Waals surface area contributed by atoms with E-state index in [1.165, 1.54) is 5.56 Å². The molecular weight excluding hydrogens is 338 g/mol. The van der Waals surface area contributed by atoms with E-state index in [9.17, 15) is 8.42 Å². The molecule has 1 fully saturated rings. The molecule has 4 rings (SSSR count). The largest absolute Gasteiger partial charge is 0.281 e. The maximum absolute atomic E-state index is 13.2. The second-order valence-corrected chi connectivity index (χ2v) is 9.15. The number of rotatable bonds is 2. The normalized spacial score (nSPS) is 24.0. The van der Waals surface area contributed by atoms with Crippen LogP contribution >= 0.6 is 0 Å². The van der Waals surface area contributed by atoms with Crippen molar-refractivity contribution in [3.63, 3.8) is 0 Å². The minimum absolute atomic E-state index is 0.181. The van der Waals surface area contributed by atoms with Crippen molar-refractivity contribution in [2.24, 2.45) is 0 Å². The smallest absolute Gasteiger partial charge is 0.246 e. The molecule has 0 aromatic carbocycles. The van der Waals surface area contributed by atoms with Gasteiger partial charge in [0.25, 0.3) is 0 Å². The summed E-state index contributed by atoms with van der Waals surface area (Å²) in [5, 5.41) is 6.85. The van der Waals surface area contributed by atoms with E-state index in [1.807, 2.05) is 13.1 Å². The topological polar surface area (TPSA) is 91.8 Å². The van der Waals surface area contributed by atoms with Gasteiger partial charge < -0.3 is 0 Å². The van der Waals surface area contributed by atoms with Crippen molar-refractivity contribution in [1.82, 2.24) is 24.5 Å². The van der Waals surface area contributed by atoms with Crippen LogP contribution in [0.15, 0.2) is 11.1 Å². The number of hydrogen-bond donors (Lipinski definition) is 1. The Kier molecular flexibility index (Phi) is 3.73. The molecule has 1 aliphatic carbocycles. The van der Waals surface area contributed by atoms with Gasteiger partial charge in [-0.25, -0.2) is 18.4 Å². The van der Waals surface area contributed by atoms with Crippen LogP contribution in [0.4, 0.5) is 0 Å². The number of hydrogen-bond acceptors (Lipinski definition) is 5. The third-order valence-corrected chi connectivity index (χ3v) is 7.67. The highest BCUT2D eigenvalue weighted by Crippen LogP contribution is 2.45. The van der Waals surface area contributed by atoms with E-state index in [1.54, 1.807) is 18.2 Å². The Morgan fingerprint density at radius 1 is 1.24 bits per heavy atom. The van der Waals surface area contributed by atoms with Crippen molar-refractivity contribution < 1.29 is 8.42 Å². The highest BCUT2D eigenvalue weighted by atomic mass is 32.2. The quantitative estimate of drug-likeness (QED) is 0.880. The third kappa shape index (κ3) is 2.50. The molecule has 134 valence electrons. The van der Waals surface area contributed by atoms with Crippen molar-refractivity contribution in [3.8, 4) is 0 Å². The summed E-state index contributed by atoms with van der Waals surface area (Å²) in [4.78, 5) is 9.32. The number of fused-ring (bicyclic) bond motifs is 2. The lowest BCUT2D eigenvalue weighted by molar-refractivity contribution is 0.219. The number of H-pyrrole nitrogens is 1. The molecule has 2 aromatic rings. The zero-order valence-electron chi connectivity index (χ0n) is 14.8. The van der Waals surface area contributed by atoms with Gasteiger partial charge in [-0.15, -0.1) is 0 Å². The molecule has 0 saturated carbocycles. The van der Waals surface area contributed by atoms with E-state index >= 15 is 0 Å². The van der Waals surface area contributed by atoms with Crippen LogP contribution in [0.1, 0.15) is 47.7 Å². The molecule has 0 radical (unpaired) electrons. The van der Waals surface area contributed by atoms with Crippen molar-refractivity contribution in [2.75, 3.05) is 13.1 Å². The zero-order valence-corrected chi connectivity index (χ0v) is 15.7. The van der Waals surface area contributed by atoms with Gasteiger partial charge in [0.05, 0.1) is 17.1 Å². The number of aromatic amines is 1. The summed E-state index contributed by atoms with van der Waals surface area (Å²) >= 11 is 0. The number of aryl methyl sites for hydroxylation is 4. The summed E-state index contributed by atoms with van der Waals surface area (Å²) in [6.45, 7) is 6.42. The lowest BCUT2D eigenvalue weighted by Gasteiger charge is -2.39. The second-order valence-electron chi connectivity index (χ2n) is 7.28. The summed E-state index contributed by atoms with van der Waals surface area (Å²) in [5.74, 6) is 0.751. The maximum Gasteiger partial charge on any atom is 0.246 e. The fourth-order valence-corrected chi connectivity index (χ4v) is 6.27. The molecule has 2 aromatic heterocycles. The summed E-state index contributed by atoms with van der Waals surface area (Å²) in [6.07, 6.45) is 5.59. The predicted octanol–water partition coefficient (Wildman–Crippen LogP) is 1.79. The molecule has 1 saturated heterocycles. The van der Waals surface area contributed by atoms with Crippen LogP contribution in [0.3, 0.4) is 0 Å². The summed E-state index contributed by atoms with van der Waals surface area (Å²) < 4.78 is 28.1. The van der Waals surface area contributed by atoms with E-state index in [2.05, 4.69) is 15.2 Å². The molecule has 1 spiro atoms. The van der Waals surface area contributed by atoms with E-state index in [0.29, 0.717) is 29.4 Å². The number of aromatic nitrogens is 4. The van der Waals surface area contributed by atoms with Gasteiger partial charge in [-0.2, -0.15) is 9.40 Å². The van der Waals surface area contributed by atoms with Gasteiger partial charge in [-0.3, -0.25) is 5.10 Å². The van der Waals surface area contributed by atoms with Gasteiger partial charge in [0.2, 0.25) is 10.0 Å². The van der Waals surface area contributed by atoms with E-state index in [4.69, 9.17) is 4.98 Å². The Morgan fingerprint density at radius 2 is 2.04 bits per heavy atom. The Hall–Kier alpha value is -1.80.